The van der Waals surface area contributed by atoms with Gasteiger partial charge in [0.05, 0.1) is 30.3 Å². The van der Waals surface area contributed by atoms with Crippen molar-refractivity contribution in [1.82, 2.24) is 15.6 Å². The van der Waals surface area contributed by atoms with Crippen LogP contribution in [0.3, 0.4) is 0 Å². The molecular weight excluding hydrogens is 616 g/mol. The number of anilines is 1. The molecule has 250 valence electrons. The number of rotatable bonds is 15. The number of unbranched alkanes of at least 4 members (excludes halogenated alkanes) is 1. The Kier molecular flexibility index (Phi) is 12.2. The molecular formula is C28H40N4O12S. The van der Waals surface area contributed by atoms with Gasteiger partial charge in [-0.1, -0.05) is 24.3 Å². The van der Waals surface area contributed by atoms with Crippen molar-refractivity contribution in [3.63, 3.8) is 0 Å². The Hall–Kier alpha value is -3.42. The molecule has 16 nitrogen and oxygen atoms in total. The van der Waals surface area contributed by atoms with E-state index in [9.17, 15) is 48.3 Å². The van der Waals surface area contributed by atoms with Crippen LogP contribution in [0.1, 0.15) is 32.6 Å². The number of benzene rings is 2. The minimum Gasteiger partial charge on any atom is -0.477 e. The van der Waals surface area contributed by atoms with Crippen LogP contribution in [0.2, 0.25) is 0 Å². The SMILES string of the molecule is CC(=O)N[C@H]1[C@H]([C@H](O)[C@H](O)CO)O[C@@](OCCCCC(=O)NNS(=O)(=O)c2cccc3c(N(C)C)cccc23)(C(=O)O)C[C@@H]1O. The van der Waals surface area contributed by atoms with Gasteiger partial charge in [0.25, 0.3) is 15.8 Å². The number of hydrogen-bond acceptors (Lipinski definition) is 12. The van der Waals surface area contributed by atoms with E-state index in [4.69, 9.17) is 9.47 Å². The molecule has 6 atom stereocenters. The van der Waals surface area contributed by atoms with Gasteiger partial charge in [0.2, 0.25) is 11.8 Å². The van der Waals surface area contributed by atoms with E-state index in [1.54, 1.807) is 24.3 Å². The number of aliphatic hydroxyl groups is 4. The topological polar surface area (TPSA) is 244 Å². The van der Waals surface area contributed by atoms with Crippen molar-refractivity contribution < 1.29 is 57.8 Å². The first-order valence-corrected chi connectivity index (χ1v) is 15.6. The predicted octanol–water partition coefficient (Wildman–Crippen LogP) is -1.45. The highest BCUT2D eigenvalue weighted by Crippen LogP contribution is 2.34. The molecule has 2 aromatic carbocycles. The number of carboxylic acid groups (broad SMARTS) is 1. The molecule has 8 N–H and O–H groups in total. The number of carbonyl (C=O) groups excluding carboxylic acids is 2. The number of ether oxygens (including phenoxy) is 2. The van der Waals surface area contributed by atoms with Crippen LogP contribution in [0, 0.1) is 0 Å². The van der Waals surface area contributed by atoms with E-state index in [0.29, 0.717) is 10.8 Å². The van der Waals surface area contributed by atoms with Gasteiger partial charge in [-0.15, -0.1) is 4.83 Å². The van der Waals surface area contributed by atoms with E-state index in [0.717, 1.165) is 12.6 Å². The largest absolute Gasteiger partial charge is 0.477 e. The molecule has 3 rings (SSSR count). The third-order valence-electron chi connectivity index (χ3n) is 7.28. The monoisotopic (exact) mass is 656 g/mol. The number of aliphatic hydroxyl groups excluding tert-OH is 4. The van der Waals surface area contributed by atoms with Crippen LogP contribution in [0.5, 0.6) is 0 Å². The predicted molar refractivity (Wildman–Crippen MR) is 159 cm³/mol. The number of hydrogen-bond donors (Lipinski definition) is 8. The summed E-state index contributed by atoms with van der Waals surface area (Å²) in [5.41, 5.74) is 2.98. The first kappa shape index (κ1) is 36.1. The first-order valence-electron chi connectivity index (χ1n) is 14.1. The molecule has 0 unspecified atom stereocenters. The summed E-state index contributed by atoms with van der Waals surface area (Å²) < 4.78 is 37.0. The lowest BCUT2D eigenvalue weighted by atomic mass is 9.88. The van der Waals surface area contributed by atoms with Crippen molar-refractivity contribution in [1.29, 1.82) is 0 Å². The molecule has 1 fully saturated rings. The van der Waals surface area contributed by atoms with Gasteiger partial charge in [-0.25, -0.2) is 13.2 Å². The number of carboxylic acids is 1. The third-order valence-corrected chi connectivity index (χ3v) is 8.58. The normalized spacial score (nSPS) is 23.2. The van der Waals surface area contributed by atoms with Crippen LogP contribution >= 0.6 is 0 Å². The number of aliphatic carboxylic acids is 1. The second kappa shape index (κ2) is 15.2. The Morgan fingerprint density at radius 1 is 1.11 bits per heavy atom. The van der Waals surface area contributed by atoms with Gasteiger partial charge in [-0.3, -0.25) is 15.0 Å². The first-order chi connectivity index (χ1) is 21.1. The molecule has 0 aromatic heterocycles. The molecule has 1 heterocycles. The molecule has 1 saturated heterocycles. The maximum atomic E-state index is 13.0. The average molecular weight is 657 g/mol. The molecule has 2 aromatic rings. The molecule has 0 spiro atoms. The van der Waals surface area contributed by atoms with Gasteiger partial charge in [0.1, 0.15) is 18.3 Å². The maximum Gasteiger partial charge on any atom is 0.364 e. The second-order valence-corrected chi connectivity index (χ2v) is 12.5. The fourth-order valence-corrected chi connectivity index (χ4v) is 6.12. The number of fused-ring (bicyclic) bond motifs is 1. The summed E-state index contributed by atoms with van der Waals surface area (Å²) in [4.78, 5) is 40.1. The molecule has 17 heteroatoms. The lowest BCUT2D eigenvalue weighted by molar-refractivity contribution is -0.311. The molecule has 45 heavy (non-hydrogen) atoms. The van der Waals surface area contributed by atoms with Crippen molar-refractivity contribution in [3.05, 3.63) is 36.4 Å². The molecule has 0 bridgehead atoms. The number of sulfonamides is 1. The molecule has 1 aliphatic rings. The van der Waals surface area contributed by atoms with Crippen molar-refractivity contribution >= 4 is 44.3 Å². The summed E-state index contributed by atoms with van der Waals surface area (Å²) in [6, 6.07) is 8.73. The van der Waals surface area contributed by atoms with Gasteiger partial charge in [-0.05, 0) is 25.0 Å². The van der Waals surface area contributed by atoms with Crippen LogP contribution in [-0.4, -0.2) is 115 Å². The Balaban J connectivity index is 1.58. The van der Waals surface area contributed by atoms with Gasteiger partial charge < -0.3 is 45.2 Å². The van der Waals surface area contributed by atoms with Gasteiger partial charge in [0.15, 0.2) is 0 Å². The summed E-state index contributed by atoms with van der Waals surface area (Å²) in [5.74, 6) is -5.43. The van der Waals surface area contributed by atoms with E-state index >= 15 is 0 Å². The van der Waals surface area contributed by atoms with Crippen molar-refractivity contribution in [2.45, 2.75) is 73.7 Å². The molecule has 2 amide bonds. The second-order valence-electron chi connectivity index (χ2n) is 10.9. The molecule has 0 aliphatic carbocycles. The van der Waals surface area contributed by atoms with Gasteiger partial charge in [-0.2, -0.15) is 0 Å². The minimum atomic E-state index is -4.14. The highest BCUT2D eigenvalue weighted by atomic mass is 32.2. The number of amides is 2. The number of nitrogens with zero attached hydrogens (tertiary/aromatic N) is 1. The van der Waals surface area contributed by atoms with Gasteiger partial charge >= 0.3 is 5.97 Å². The lowest BCUT2D eigenvalue weighted by Gasteiger charge is -2.46. The van der Waals surface area contributed by atoms with E-state index in [-0.39, 0.29) is 30.8 Å². The van der Waals surface area contributed by atoms with Crippen molar-refractivity contribution in [2.75, 3.05) is 32.2 Å². The Morgan fingerprint density at radius 2 is 1.78 bits per heavy atom. The van der Waals surface area contributed by atoms with Crippen LogP contribution in [0.25, 0.3) is 10.8 Å². The summed E-state index contributed by atoms with van der Waals surface area (Å²) >= 11 is 0. The summed E-state index contributed by atoms with van der Waals surface area (Å²) in [6.07, 6.45) is -7.52. The highest BCUT2D eigenvalue weighted by molar-refractivity contribution is 7.89. The Morgan fingerprint density at radius 3 is 2.40 bits per heavy atom. The van der Waals surface area contributed by atoms with E-state index in [1.165, 1.54) is 6.07 Å². The van der Waals surface area contributed by atoms with Crippen LogP contribution in [0.15, 0.2) is 41.3 Å². The summed E-state index contributed by atoms with van der Waals surface area (Å²) in [6.45, 7) is -0.0828. The molecule has 0 saturated carbocycles. The number of carbonyl (C=O) groups is 3. The number of nitrogens with one attached hydrogen (secondary N) is 3. The fourth-order valence-electron chi connectivity index (χ4n) is 5.03. The van der Waals surface area contributed by atoms with E-state index in [2.05, 4.69) is 15.6 Å². The van der Waals surface area contributed by atoms with Crippen molar-refractivity contribution in [2.24, 2.45) is 0 Å². The van der Waals surface area contributed by atoms with Crippen LogP contribution in [0.4, 0.5) is 5.69 Å². The zero-order valence-electron chi connectivity index (χ0n) is 25.0. The average Bonchev–Trinajstić information content (AvgIpc) is 2.99. The summed E-state index contributed by atoms with van der Waals surface area (Å²) in [5, 5.41) is 53.7. The van der Waals surface area contributed by atoms with Gasteiger partial charge in [0, 0.05) is 50.3 Å². The zero-order chi connectivity index (χ0) is 33.5. The quantitative estimate of drug-likeness (QED) is 0.0809. The standard InChI is InChI=1S/C28H40N4O12S/c1-16(34)29-24-20(35)14-28(27(39)40,44-26(24)25(38)21(36)15-33)43-13-5-4-12-23(37)30-31-45(41,42)22-11-7-8-17-18(22)9-6-10-19(17)32(2)3/h6-11,20-21,24-26,31,33,35-36,38H,4-5,12-15H2,1-3H3,(H,29,34)(H,30,37)(H,39,40)/t20-,21+,24+,25+,26+,28+/m0/s1. The fraction of sp³-hybridized carbons (Fsp3) is 0.536. The third kappa shape index (κ3) is 8.65. The van der Waals surface area contributed by atoms with E-state index in [1.807, 2.05) is 25.1 Å². The number of hydrazine groups is 1. The minimum absolute atomic E-state index is 0.0262. The lowest BCUT2D eigenvalue weighted by Crippen LogP contribution is -2.67. The Labute approximate surface area is 259 Å². The van der Waals surface area contributed by atoms with E-state index < -0.39 is 77.1 Å². The molecule has 1 aliphatic heterocycles. The molecule has 0 radical (unpaired) electrons. The highest BCUT2D eigenvalue weighted by Gasteiger charge is 2.55. The zero-order valence-corrected chi connectivity index (χ0v) is 25.9. The van der Waals surface area contributed by atoms with Crippen LogP contribution in [-0.2, 0) is 33.9 Å². The van der Waals surface area contributed by atoms with Crippen LogP contribution < -0.4 is 20.5 Å². The summed E-state index contributed by atoms with van der Waals surface area (Å²) in [7, 11) is -0.471. The smallest absolute Gasteiger partial charge is 0.364 e. The van der Waals surface area contributed by atoms with Crippen molar-refractivity contribution in [3.8, 4) is 0 Å². The maximum absolute atomic E-state index is 13.0. The Bertz CT molecular complexity index is 1470.